The van der Waals surface area contributed by atoms with Gasteiger partial charge in [-0.25, -0.2) is 9.98 Å². The lowest BCUT2D eigenvalue weighted by Gasteiger charge is -2.35. The van der Waals surface area contributed by atoms with Crippen LogP contribution < -0.4 is 0 Å². The highest BCUT2D eigenvalue weighted by Crippen LogP contribution is 2.12. The van der Waals surface area contributed by atoms with E-state index in [1.165, 1.54) is 5.56 Å². The standard InChI is InChI=1S/C14H23N5S/c1-11-15-13(17(2)3)19(5)14(16-11)18(4)8-6-12-7-9-20-10-12/h7,9-11H,6,8H2,1-5H3. The van der Waals surface area contributed by atoms with Crippen LogP contribution in [-0.2, 0) is 6.42 Å². The first-order valence-corrected chi connectivity index (χ1v) is 7.72. The maximum absolute atomic E-state index is 4.65. The Morgan fingerprint density at radius 2 is 1.95 bits per heavy atom. The van der Waals surface area contributed by atoms with Crippen molar-refractivity contribution in [2.45, 2.75) is 19.5 Å². The van der Waals surface area contributed by atoms with Gasteiger partial charge in [0.15, 0.2) is 0 Å². The molecule has 0 saturated heterocycles. The smallest absolute Gasteiger partial charge is 0.205 e. The molecule has 0 N–H and O–H groups in total. The first-order valence-electron chi connectivity index (χ1n) is 6.78. The van der Waals surface area contributed by atoms with Gasteiger partial charge < -0.3 is 9.80 Å². The summed E-state index contributed by atoms with van der Waals surface area (Å²) in [6.45, 7) is 2.97. The largest absolute Gasteiger partial charge is 0.349 e. The van der Waals surface area contributed by atoms with Crippen molar-refractivity contribution >= 4 is 23.3 Å². The van der Waals surface area contributed by atoms with Crippen molar-refractivity contribution in [3.8, 4) is 0 Å². The van der Waals surface area contributed by atoms with Crippen LogP contribution in [0.4, 0.5) is 0 Å². The summed E-state index contributed by atoms with van der Waals surface area (Å²) in [6.07, 6.45) is 1.01. The van der Waals surface area contributed by atoms with Gasteiger partial charge in [-0.2, -0.15) is 11.3 Å². The second-order valence-electron chi connectivity index (χ2n) is 5.25. The van der Waals surface area contributed by atoms with Crippen molar-refractivity contribution in [2.24, 2.45) is 9.98 Å². The van der Waals surface area contributed by atoms with Crippen molar-refractivity contribution in [1.82, 2.24) is 14.7 Å². The fraction of sp³-hybridized carbons (Fsp3) is 0.571. The number of hydrogen-bond acceptors (Lipinski definition) is 6. The van der Waals surface area contributed by atoms with Gasteiger partial charge >= 0.3 is 0 Å². The Balaban J connectivity index is 2.03. The van der Waals surface area contributed by atoms with E-state index in [0.717, 1.165) is 24.9 Å². The molecular weight excluding hydrogens is 270 g/mol. The Morgan fingerprint density at radius 1 is 1.25 bits per heavy atom. The molecule has 6 heteroatoms. The molecule has 1 aliphatic heterocycles. The highest BCUT2D eigenvalue weighted by atomic mass is 32.1. The van der Waals surface area contributed by atoms with Crippen LogP contribution in [0, 0.1) is 0 Å². The molecule has 1 aromatic heterocycles. The summed E-state index contributed by atoms with van der Waals surface area (Å²) in [7, 11) is 8.13. The van der Waals surface area contributed by atoms with E-state index in [4.69, 9.17) is 0 Å². The summed E-state index contributed by atoms with van der Waals surface area (Å²) in [5, 5.41) is 4.33. The molecule has 0 amide bonds. The number of rotatable bonds is 3. The molecule has 0 saturated carbocycles. The third-order valence-corrected chi connectivity index (χ3v) is 3.99. The highest BCUT2D eigenvalue weighted by molar-refractivity contribution is 7.07. The Labute approximate surface area is 125 Å². The molecule has 0 aliphatic carbocycles. The van der Waals surface area contributed by atoms with Crippen molar-refractivity contribution in [2.75, 3.05) is 34.7 Å². The number of likely N-dealkylation sites (N-methyl/N-ethyl adjacent to an activating group) is 1. The third-order valence-electron chi connectivity index (χ3n) is 3.26. The van der Waals surface area contributed by atoms with Gasteiger partial charge in [0.1, 0.15) is 6.17 Å². The van der Waals surface area contributed by atoms with Crippen LogP contribution in [0.2, 0.25) is 0 Å². The lowest BCUT2D eigenvalue weighted by molar-refractivity contribution is 0.411. The molecule has 1 atom stereocenters. The van der Waals surface area contributed by atoms with E-state index in [9.17, 15) is 0 Å². The molecule has 0 radical (unpaired) electrons. The van der Waals surface area contributed by atoms with Crippen LogP contribution in [0.3, 0.4) is 0 Å². The van der Waals surface area contributed by atoms with Gasteiger partial charge in [0.2, 0.25) is 11.9 Å². The van der Waals surface area contributed by atoms with E-state index in [1.807, 2.05) is 37.9 Å². The minimum atomic E-state index is -0.0257. The number of hydrogen-bond donors (Lipinski definition) is 0. The lowest BCUT2D eigenvalue weighted by atomic mass is 10.2. The summed E-state index contributed by atoms with van der Waals surface area (Å²) >= 11 is 1.75. The van der Waals surface area contributed by atoms with Gasteiger partial charge in [0.25, 0.3) is 0 Å². The quantitative estimate of drug-likeness (QED) is 0.852. The molecule has 0 aromatic carbocycles. The molecule has 110 valence electrons. The van der Waals surface area contributed by atoms with E-state index in [2.05, 4.69) is 38.8 Å². The Morgan fingerprint density at radius 3 is 2.55 bits per heavy atom. The second-order valence-corrected chi connectivity index (χ2v) is 6.03. The van der Waals surface area contributed by atoms with Crippen LogP contribution in [0.15, 0.2) is 26.8 Å². The average Bonchev–Trinajstić information content (AvgIpc) is 2.91. The average molecular weight is 293 g/mol. The van der Waals surface area contributed by atoms with Gasteiger partial charge in [-0.15, -0.1) is 0 Å². The number of guanidine groups is 2. The molecule has 20 heavy (non-hydrogen) atoms. The van der Waals surface area contributed by atoms with Crippen LogP contribution in [-0.4, -0.2) is 67.5 Å². The van der Waals surface area contributed by atoms with E-state index in [1.54, 1.807) is 11.3 Å². The minimum absolute atomic E-state index is 0.0257. The maximum atomic E-state index is 4.65. The van der Waals surface area contributed by atoms with Crippen LogP contribution in [0.5, 0.6) is 0 Å². The molecule has 2 heterocycles. The molecule has 5 nitrogen and oxygen atoms in total. The molecule has 0 spiro atoms. The van der Waals surface area contributed by atoms with Crippen molar-refractivity contribution in [3.63, 3.8) is 0 Å². The van der Waals surface area contributed by atoms with Crippen molar-refractivity contribution < 1.29 is 0 Å². The zero-order valence-electron chi connectivity index (χ0n) is 12.9. The molecular formula is C14H23N5S. The zero-order valence-corrected chi connectivity index (χ0v) is 13.7. The first-order chi connectivity index (χ1) is 9.49. The second kappa shape index (κ2) is 6.26. The monoisotopic (exact) mass is 293 g/mol. The summed E-state index contributed by atoms with van der Waals surface area (Å²) in [4.78, 5) is 15.5. The summed E-state index contributed by atoms with van der Waals surface area (Å²) < 4.78 is 0. The van der Waals surface area contributed by atoms with Gasteiger partial charge in [0.05, 0.1) is 0 Å². The van der Waals surface area contributed by atoms with Crippen molar-refractivity contribution in [3.05, 3.63) is 22.4 Å². The fourth-order valence-electron chi connectivity index (χ4n) is 2.23. The molecule has 0 fully saturated rings. The Kier molecular flexibility index (Phi) is 4.65. The van der Waals surface area contributed by atoms with E-state index in [0.29, 0.717) is 0 Å². The van der Waals surface area contributed by atoms with Gasteiger partial charge in [-0.3, -0.25) is 4.90 Å². The molecule has 2 rings (SSSR count). The predicted octanol–water partition coefficient (Wildman–Crippen LogP) is 1.79. The summed E-state index contributed by atoms with van der Waals surface area (Å²) in [5.74, 6) is 1.93. The van der Waals surface area contributed by atoms with E-state index < -0.39 is 0 Å². The van der Waals surface area contributed by atoms with Crippen LogP contribution >= 0.6 is 11.3 Å². The molecule has 1 aliphatic rings. The minimum Gasteiger partial charge on any atom is -0.349 e. The van der Waals surface area contributed by atoms with Gasteiger partial charge in [-0.1, -0.05) is 0 Å². The number of nitrogens with zero attached hydrogens (tertiary/aromatic N) is 5. The Bertz CT molecular complexity index is 492. The van der Waals surface area contributed by atoms with E-state index >= 15 is 0 Å². The lowest BCUT2D eigenvalue weighted by Crippen LogP contribution is -2.51. The van der Waals surface area contributed by atoms with Crippen molar-refractivity contribution in [1.29, 1.82) is 0 Å². The predicted molar refractivity (Wildman–Crippen MR) is 86.4 cm³/mol. The first kappa shape index (κ1) is 14.8. The van der Waals surface area contributed by atoms with Gasteiger partial charge in [-0.05, 0) is 35.7 Å². The van der Waals surface area contributed by atoms with E-state index in [-0.39, 0.29) is 6.17 Å². The van der Waals surface area contributed by atoms with Crippen LogP contribution in [0.25, 0.3) is 0 Å². The zero-order chi connectivity index (χ0) is 14.7. The third kappa shape index (κ3) is 3.30. The van der Waals surface area contributed by atoms with Gasteiger partial charge in [0, 0.05) is 34.7 Å². The number of aliphatic imine (C=N–C) groups is 2. The molecule has 1 aromatic rings. The summed E-state index contributed by atoms with van der Waals surface area (Å²) in [5.41, 5.74) is 1.38. The fourth-order valence-corrected chi connectivity index (χ4v) is 2.93. The maximum Gasteiger partial charge on any atom is 0.205 e. The molecule has 1 unspecified atom stereocenters. The normalized spacial score (nSPS) is 18.6. The van der Waals surface area contributed by atoms with Crippen LogP contribution in [0.1, 0.15) is 12.5 Å². The topological polar surface area (TPSA) is 34.4 Å². The highest BCUT2D eigenvalue weighted by Gasteiger charge is 2.23. The SMILES string of the molecule is CC1N=C(N(C)C)N(C)C(N(C)CCc2ccsc2)=N1. The summed E-state index contributed by atoms with van der Waals surface area (Å²) in [6, 6.07) is 2.18. The molecule has 0 bridgehead atoms. The number of thiophene rings is 1. The Hall–Kier alpha value is -1.56.